The van der Waals surface area contributed by atoms with E-state index < -0.39 is 0 Å². The quantitative estimate of drug-likeness (QED) is 0.454. The van der Waals surface area contributed by atoms with Gasteiger partial charge in [-0.2, -0.15) is 0 Å². The van der Waals surface area contributed by atoms with Crippen molar-refractivity contribution in [2.24, 2.45) is 0 Å². The van der Waals surface area contributed by atoms with Crippen molar-refractivity contribution in [3.8, 4) is 22.8 Å². The Morgan fingerprint density at radius 1 is 1.24 bits per heavy atom. The van der Waals surface area contributed by atoms with Gasteiger partial charge in [0.25, 0.3) is 0 Å². The predicted molar refractivity (Wildman–Crippen MR) is 113 cm³/mol. The molecule has 0 bridgehead atoms. The highest BCUT2D eigenvalue weighted by Crippen LogP contribution is 2.29. The lowest BCUT2D eigenvalue weighted by atomic mass is 10.2. The summed E-state index contributed by atoms with van der Waals surface area (Å²) in [5, 5.41) is 14.4. The second kappa shape index (κ2) is 8.84. The molecule has 0 radical (unpaired) electrons. The first-order chi connectivity index (χ1) is 14.2. The smallest absolute Gasteiger partial charge is 0.236 e. The van der Waals surface area contributed by atoms with Crippen LogP contribution in [0.25, 0.3) is 17.1 Å². The first-order valence-electron chi connectivity index (χ1n) is 8.57. The van der Waals surface area contributed by atoms with Gasteiger partial charge >= 0.3 is 0 Å². The molecular formula is C19H16N6O2S2. The summed E-state index contributed by atoms with van der Waals surface area (Å²) in [6.45, 7) is 0. The number of hydrogen-bond acceptors (Lipinski definition) is 8. The van der Waals surface area contributed by atoms with E-state index in [4.69, 9.17) is 4.74 Å². The molecule has 0 saturated carbocycles. The standard InChI is InChI=1S/C19H16N6O2S2/c1-27-15-6-2-5-14(10-15)25-17(13-4-3-7-20-11-13)23-24-19(25)29-12-16(26)22-18-21-8-9-28-18/h2-11H,12H2,1H3,(H,21,22,26). The van der Waals surface area contributed by atoms with Crippen LogP contribution in [0.1, 0.15) is 0 Å². The zero-order valence-electron chi connectivity index (χ0n) is 15.3. The van der Waals surface area contributed by atoms with Gasteiger partial charge in [0.2, 0.25) is 5.91 Å². The monoisotopic (exact) mass is 424 g/mol. The number of nitrogens with one attached hydrogen (secondary N) is 1. The van der Waals surface area contributed by atoms with Crippen LogP contribution in [-0.4, -0.2) is 43.5 Å². The fraction of sp³-hybridized carbons (Fsp3) is 0.105. The van der Waals surface area contributed by atoms with E-state index in [9.17, 15) is 4.79 Å². The number of carbonyl (C=O) groups is 1. The lowest BCUT2D eigenvalue weighted by Gasteiger charge is -2.11. The normalized spacial score (nSPS) is 10.7. The molecule has 0 atom stereocenters. The van der Waals surface area contributed by atoms with Crippen LogP contribution >= 0.6 is 23.1 Å². The fourth-order valence-corrected chi connectivity index (χ4v) is 3.90. The van der Waals surface area contributed by atoms with E-state index in [1.807, 2.05) is 46.3 Å². The highest BCUT2D eigenvalue weighted by atomic mass is 32.2. The number of aromatic nitrogens is 5. The Morgan fingerprint density at radius 2 is 2.17 bits per heavy atom. The van der Waals surface area contributed by atoms with Gasteiger partial charge in [-0.05, 0) is 24.3 Å². The molecule has 10 heteroatoms. The lowest BCUT2D eigenvalue weighted by molar-refractivity contribution is -0.113. The Morgan fingerprint density at radius 3 is 2.93 bits per heavy atom. The fourth-order valence-electron chi connectivity index (χ4n) is 2.60. The van der Waals surface area contributed by atoms with Gasteiger partial charge in [0, 0.05) is 35.6 Å². The van der Waals surface area contributed by atoms with E-state index in [2.05, 4.69) is 25.5 Å². The van der Waals surface area contributed by atoms with Crippen LogP contribution in [0.15, 0.2) is 65.5 Å². The summed E-state index contributed by atoms with van der Waals surface area (Å²) in [4.78, 5) is 20.5. The number of rotatable bonds is 7. The molecule has 29 heavy (non-hydrogen) atoms. The second-order valence-corrected chi connectivity index (χ2v) is 7.60. The molecule has 0 saturated heterocycles. The van der Waals surface area contributed by atoms with Crippen LogP contribution in [0.5, 0.6) is 5.75 Å². The summed E-state index contributed by atoms with van der Waals surface area (Å²) in [6, 6.07) is 11.3. The average molecular weight is 425 g/mol. The number of thioether (sulfide) groups is 1. The van der Waals surface area contributed by atoms with Gasteiger partial charge in [-0.1, -0.05) is 17.8 Å². The molecule has 0 fully saturated rings. The molecule has 8 nitrogen and oxygen atoms in total. The van der Waals surface area contributed by atoms with Crippen molar-refractivity contribution in [1.29, 1.82) is 0 Å². The number of thiazole rings is 1. The van der Waals surface area contributed by atoms with Gasteiger partial charge in [0.1, 0.15) is 5.75 Å². The molecule has 0 unspecified atom stereocenters. The number of amides is 1. The van der Waals surface area contributed by atoms with Gasteiger partial charge < -0.3 is 10.1 Å². The number of ether oxygens (including phenoxy) is 1. The van der Waals surface area contributed by atoms with Crippen molar-refractivity contribution in [1.82, 2.24) is 24.7 Å². The summed E-state index contributed by atoms with van der Waals surface area (Å²) in [5.41, 5.74) is 1.65. The molecule has 0 aliphatic rings. The number of anilines is 1. The number of hydrogen-bond donors (Lipinski definition) is 1. The minimum atomic E-state index is -0.159. The molecule has 1 aromatic carbocycles. The molecule has 146 valence electrons. The molecule has 3 aromatic heterocycles. The van der Waals surface area contributed by atoms with Crippen molar-refractivity contribution < 1.29 is 9.53 Å². The average Bonchev–Trinajstić information content (AvgIpc) is 3.42. The van der Waals surface area contributed by atoms with Crippen LogP contribution in [0.4, 0.5) is 5.13 Å². The Labute approximate surface area is 175 Å². The zero-order valence-corrected chi connectivity index (χ0v) is 17.0. The van der Waals surface area contributed by atoms with Gasteiger partial charge in [0.15, 0.2) is 16.1 Å². The van der Waals surface area contributed by atoms with E-state index in [-0.39, 0.29) is 11.7 Å². The third kappa shape index (κ3) is 4.44. The lowest BCUT2D eigenvalue weighted by Crippen LogP contribution is -2.14. The summed E-state index contributed by atoms with van der Waals surface area (Å²) < 4.78 is 7.24. The maximum atomic E-state index is 12.3. The van der Waals surface area contributed by atoms with Crippen LogP contribution < -0.4 is 10.1 Å². The number of nitrogens with zero attached hydrogens (tertiary/aromatic N) is 5. The van der Waals surface area contributed by atoms with Crippen LogP contribution in [0, 0.1) is 0 Å². The first-order valence-corrected chi connectivity index (χ1v) is 10.4. The minimum Gasteiger partial charge on any atom is -0.497 e. The highest BCUT2D eigenvalue weighted by Gasteiger charge is 2.18. The molecule has 4 rings (SSSR count). The molecule has 3 heterocycles. The van der Waals surface area contributed by atoms with E-state index in [0.29, 0.717) is 21.9 Å². The number of carbonyl (C=O) groups excluding carboxylic acids is 1. The van der Waals surface area contributed by atoms with Crippen molar-refractivity contribution in [3.05, 3.63) is 60.4 Å². The van der Waals surface area contributed by atoms with Gasteiger partial charge in [-0.15, -0.1) is 21.5 Å². The first kappa shape index (κ1) is 19.1. The SMILES string of the molecule is COc1cccc(-n2c(SCC(=O)Nc3nccs3)nnc2-c2cccnc2)c1. The number of pyridine rings is 1. The minimum absolute atomic E-state index is 0.159. The summed E-state index contributed by atoms with van der Waals surface area (Å²) in [7, 11) is 1.62. The molecule has 1 amide bonds. The van der Waals surface area contributed by atoms with Gasteiger partial charge in [-0.3, -0.25) is 14.3 Å². The number of methoxy groups -OCH3 is 1. The summed E-state index contributed by atoms with van der Waals surface area (Å²) >= 11 is 2.67. The Hall–Kier alpha value is -3.24. The van der Waals surface area contributed by atoms with Crippen molar-refractivity contribution in [2.45, 2.75) is 5.16 Å². The topological polar surface area (TPSA) is 94.8 Å². The van der Waals surface area contributed by atoms with E-state index in [0.717, 1.165) is 11.3 Å². The molecule has 4 aromatic rings. The predicted octanol–water partition coefficient (Wildman–Crippen LogP) is 3.53. The molecule has 0 aliphatic heterocycles. The van der Waals surface area contributed by atoms with E-state index in [1.54, 1.807) is 25.7 Å². The second-order valence-electron chi connectivity index (χ2n) is 5.76. The largest absolute Gasteiger partial charge is 0.497 e. The third-order valence-electron chi connectivity index (χ3n) is 3.88. The van der Waals surface area contributed by atoms with Crippen LogP contribution in [0.3, 0.4) is 0 Å². The molecule has 1 N–H and O–H groups in total. The number of benzene rings is 1. The summed E-state index contributed by atoms with van der Waals surface area (Å²) in [5.74, 6) is 1.36. The Balaban J connectivity index is 1.64. The van der Waals surface area contributed by atoms with Gasteiger partial charge in [-0.25, -0.2) is 4.98 Å². The van der Waals surface area contributed by atoms with E-state index >= 15 is 0 Å². The van der Waals surface area contributed by atoms with Crippen LogP contribution in [-0.2, 0) is 4.79 Å². The Kier molecular flexibility index (Phi) is 5.82. The van der Waals surface area contributed by atoms with Gasteiger partial charge in [0.05, 0.1) is 18.6 Å². The Bertz CT molecular complexity index is 1100. The summed E-state index contributed by atoms with van der Waals surface area (Å²) in [6.07, 6.45) is 5.08. The van der Waals surface area contributed by atoms with Crippen molar-refractivity contribution in [2.75, 3.05) is 18.2 Å². The highest BCUT2D eigenvalue weighted by molar-refractivity contribution is 7.99. The molecule has 0 spiro atoms. The molecule has 0 aliphatic carbocycles. The zero-order chi connectivity index (χ0) is 20.1. The molecular weight excluding hydrogens is 408 g/mol. The maximum absolute atomic E-state index is 12.3. The van der Waals surface area contributed by atoms with Crippen molar-refractivity contribution in [3.63, 3.8) is 0 Å². The van der Waals surface area contributed by atoms with E-state index in [1.165, 1.54) is 23.1 Å². The van der Waals surface area contributed by atoms with Crippen molar-refractivity contribution >= 4 is 34.1 Å². The van der Waals surface area contributed by atoms with Crippen LogP contribution in [0.2, 0.25) is 0 Å². The third-order valence-corrected chi connectivity index (χ3v) is 5.49. The maximum Gasteiger partial charge on any atom is 0.236 e.